The van der Waals surface area contributed by atoms with Gasteiger partial charge in [0.05, 0.1) is 26.2 Å². The zero-order chi connectivity index (χ0) is 22.1. The first-order valence-corrected chi connectivity index (χ1v) is 9.89. The van der Waals surface area contributed by atoms with E-state index in [1.807, 2.05) is 0 Å². The van der Waals surface area contributed by atoms with Gasteiger partial charge >= 0.3 is 5.97 Å². The molecule has 1 atom stereocenters. The van der Waals surface area contributed by atoms with Gasteiger partial charge in [0.25, 0.3) is 0 Å². The van der Waals surface area contributed by atoms with Gasteiger partial charge in [-0.2, -0.15) is 0 Å². The van der Waals surface area contributed by atoms with Crippen LogP contribution >= 0.6 is 11.6 Å². The highest BCUT2D eigenvalue weighted by molar-refractivity contribution is 6.30. The summed E-state index contributed by atoms with van der Waals surface area (Å²) in [5.41, 5.74) is 1.60. The van der Waals surface area contributed by atoms with E-state index in [1.54, 1.807) is 42.5 Å². The first-order chi connectivity index (χ1) is 14.9. The molecule has 3 aromatic rings. The number of phenols is 1. The maximum absolute atomic E-state index is 13.0. The summed E-state index contributed by atoms with van der Waals surface area (Å²) in [5, 5.41) is 11.6. The second-order valence-corrected chi connectivity index (χ2v) is 7.49. The Morgan fingerprint density at radius 1 is 1.03 bits per heavy atom. The van der Waals surface area contributed by atoms with Crippen LogP contribution in [0.25, 0.3) is 0 Å². The largest absolute Gasteiger partial charge is 0.507 e. The number of ether oxygens (including phenoxy) is 3. The predicted molar refractivity (Wildman–Crippen MR) is 115 cm³/mol. The van der Waals surface area contributed by atoms with Crippen molar-refractivity contribution in [3.63, 3.8) is 0 Å². The van der Waals surface area contributed by atoms with Crippen LogP contribution in [0, 0.1) is 0 Å². The fourth-order valence-electron chi connectivity index (χ4n) is 3.74. The van der Waals surface area contributed by atoms with Crippen molar-refractivity contribution in [2.45, 2.75) is 12.3 Å². The van der Waals surface area contributed by atoms with E-state index in [0.29, 0.717) is 27.6 Å². The van der Waals surface area contributed by atoms with Crippen LogP contribution in [0.5, 0.6) is 23.0 Å². The highest BCUT2D eigenvalue weighted by atomic mass is 35.5. The Bertz CT molecular complexity index is 1170. The highest BCUT2D eigenvalue weighted by Gasteiger charge is 2.34. The molecule has 0 aliphatic carbocycles. The molecule has 0 saturated heterocycles. The van der Waals surface area contributed by atoms with E-state index in [9.17, 15) is 14.7 Å². The van der Waals surface area contributed by atoms with Crippen LogP contribution in [0.1, 0.15) is 39.4 Å². The second kappa shape index (κ2) is 8.32. The molecular formula is C24H19ClO6. The summed E-state index contributed by atoms with van der Waals surface area (Å²) in [6, 6.07) is 14.7. The maximum atomic E-state index is 13.0. The number of hydrogen-bond acceptors (Lipinski definition) is 6. The van der Waals surface area contributed by atoms with Crippen LogP contribution in [0.15, 0.2) is 54.6 Å². The van der Waals surface area contributed by atoms with Crippen molar-refractivity contribution >= 4 is 23.4 Å². The van der Waals surface area contributed by atoms with E-state index in [4.69, 9.17) is 25.8 Å². The number of carbonyl (C=O) groups excluding carboxylic acids is 2. The summed E-state index contributed by atoms with van der Waals surface area (Å²) in [4.78, 5) is 25.2. The second-order valence-electron chi connectivity index (χ2n) is 7.05. The molecule has 158 valence electrons. The maximum Gasteiger partial charge on any atom is 0.312 e. The smallest absolute Gasteiger partial charge is 0.312 e. The van der Waals surface area contributed by atoms with Gasteiger partial charge < -0.3 is 19.3 Å². The van der Waals surface area contributed by atoms with Gasteiger partial charge in [-0.05, 0) is 54.1 Å². The fraction of sp³-hybridized carbons (Fsp3) is 0.167. The third-order valence-corrected chi connectivity index (χ3v) is 5.53. The van der Waals surface area contributed by atoms with E-state index >= 15 is 0 Å². The van der Waals surface area contributed by atoms with Crippen molar-refractivity contribution in [2.75, 3.05) is 14.2 Å². The third-order valence-electron chi connectivity index (χ3n) is 5.28. The lowest BCUT2D eigenvalue weighted by atomic mass is 9.84. The molecule has 4 rings (SSSR count). The molecule has 3 aromatic carbocycles. The van der Waals surface area contributed by atoms with Crippen LogP contribution in [-0.4, -0.2) is 31.1 Å². The first-order valence-electron chi connectivity index (χ1n) is 9.51. The van der Waals surface area contributed by atoms with Crippen LogP contribution in [0.4, 0.5) is 0 Å². The number of carbonyl (C=O) groups is 2. The summed E-state index contributed by atoms with van der Waals surface area (Å²) in [6.45, 7) is 0. The quantitative estimate of drug-likeness (QED) is 0.352. The van der Waals surface area contributed by atoms with Gasteiger partial charge in [0.1, 0.15) is 11.5 Å². The molecule has 7 heteroatoms. The number of esters is 1. The molecule has 0 amide bonds. The molecule has 0 saturated carbocycles. The van der Waals surface area contributed by atoms with Crippen molar-refractivity contribution in [1.29, 1.82) is 0 Å². The average Bonchev–Trinajstić information content (AvgIpc) is 2.78. The Morgan fingerprint density at radius 2 is 1.74 bits per heavy atom. The molecular weight excluding hydrogens is 420 g/mol. The van der Waals surface area contributed by atoms with Crippen LogP contribution in [0.3, 0.4) is 0 Å². The van der Waals surface area contributed by atoms with Crippen LogP contribution < -0.4 is 14.2 Å². The number of methoxy groups -OCH3 is 2. The molecule has 1 heterocycles. The molecule has 0 bridgehead atoms. The Hall–Kier alpha value is -3.51. The van der Waals surface area contributed by atoms with E-state index in [0.717, 1.165) is 5.56 Å². The molecule has 0 aromatic heterocycles. The van der Waals surface area contributed by atoms with Gasteiger partial charge in [0, 0.05) is 22.1 Å². The topological polar surface area (TPSA) is 82.1 Å². The SMILES string of the molecule is COc1ccc([C@@H]2CC(=O)Oc3ccc(C(=O)c4ccc(Cl)cc4)c(O)c32)cc1OC. The zero-order valence-corrected chi connectivity index (χ0v) is 17.6. The van der Waals surface area contributed by atoms with Crippen molar-refractivity contribution in [3.8, 4) is 23.0 Å². The van der Waals surface area contributed by atoms with Crippen LogP contribution in [0.2, 0.25) is 5.02 Å². The minimum atomic E-state index is -0.519. The number of fused-ring (bicyclic) bond motifs is 1. The Kier molecular flexibility index (Phi) is 5.57. The number of ketones is 1. The van der Waals surface area contributed by atoms with Crippen molar-refractivity contribution in [1.82, 2.24) is 0 Å². The van der Waals surface area contributed by atoms with E-state index in [1.165, 1.54) is 26.4 Å². The normalized spacial score (nSPS) is 15.1. The van der Waals surface area contributed by atoms with E-state index < -0.39 is 11.9 Å². The average molecular weight is 439 g/mol. The lowest BCUT2D eigenvalue weighted by molar-refractivity contribution is -0.135. The summed E-state index contributed by atoms with van der Waals surface area (Å²) in [7, 11) is 3.05. The van der Waals surface area contributed by atoms with E-state index in [2.05, 4.69) is 0 Å². The number of halogens is 1. The van der Waals surface area contributed by atoms with Gasteiger partial charge in [-0.1, -0.05) is 17.7 Å². The van der Waals surface area contributed by atoms with Gasteiger partial charge in [-0.3, -0.25) is 9.59 Å². The Morgan fingerprint density at radius 3 is 2.42 bits per heavy atom. The van der Waals surface area contributed by atoms with Gasteiger partial charge in [-0.15, -0.1) is 0 Å². The molecule has 0 fully saturated rings. The molecule has 6 nitrogen and oxygen atoms in total. The molecule has 1 aliphatic heterocycles. The Balaban J connectivity index is 1.82. The lowest BCUT2D eigenvalue weighted by Crippen LogP contribution is -2.22. The number of rotatable bonds is 5. The number of aromatic hydroxyl groups is 1. The predicted octanol–water partition coefficient (Wildman–Crippen LogP) is 4.73. The summed E-state index contributed by atoms with van der Waals surface area (Å²) < 4.78 is 16.0. The molecule has 1 N–H and O–H groups in total. The monoisotopic (exact) mass is 438 g/mol. The number of hydrogen-bond donors (Lipinski definition) is 1. The van der Waals surface area contributed by atoms with Gasteiger partial charge in [0.2, 0.25) is 0 Å². The third kappa shape index (κ3) is 3.82. The van der Waals surface area contributed by atoms with Gasteiger partial charge in [-0.25, -0.2) is 0 Å². The molecule has 31 heavy (non-hydrogen) atoms. The fourth-order valence-corrected chi connectivity index (χ4v) is 3.87. The van der Waals surface area contributed by atoms with Crippen molar-refractivity contribution in [3.05, 3.63) is 81.9 Å². The molecule has 0 unspecified atom stereocenters. The highest BCUT2D eigenvalue weighted by Crippen LogP contribution is 2.46. The number of phenolic OH excluding ortho intramolecular Hbond substituents is 1. The molecule has 1 aliphatic rings. The van der Waals surface area contributed by atoms with Crippen molar-refractivity contribution < 1.29 is 28.9 Å². The zero-order valence-electron chi connectivity index (χ0n) is 16.8. The molecule has 0 radical (unpaired) electrons. The summed E-state index contributed by atoms with van der Waals surface area (Å²) in [5.74, 6) is -0.266. The minimum Gasteiger partial charge on any atom is -0.507 e. The first kappa shape index (κ1) is 20.8. The standard InChI is InChI=1S/C24H19ClO6/c1-29-18-9-5-14(11-20(18)30-2)17-12-21(26)31-19-10-8-16(24(28)22(17)19)23(27)13-3-6-15(25)7-4-13/h3-11,17,28H,12H2,1-2H3/t17-/m0/s1. The van der Waals surface area contributed by atoms with Gasteiger partial charge in [0.15, 0.2) is 17.3 Å². The van der Waals surface area contributed by atoms with Crippen molar-refractivity contribution in [2.24, 2.45) is 0 Å². The minimum absolute atomic E-state index is 0.00856. The summed E-state index contributed by atoms with van der Waals surface area (Å²) >= 11 is 5.91. The summed E-state index contributed by atoms with van der Waals surface area (Å²) in [6.07, 6.45) is 0.00856. The van der Waals surface area contributed by atoms with E-state index in [-0.39, 0.29) is 29.3 Å². The Labute approximate surface area is 183 Å². The molecule has 0 spiro atoms. The number of benzene rings is 3. The lowest BCUT2D eigenvalue weighted by Gasteiger charge is -2.27. The van der Waals surface area contributed by atoms with Crippen LogP contribution in [-0.2, 0) is 4.79 Å².